The van der Waals surface area contributed by atoms with Crippen molar-refractivity contribution < 1.29 is 23.8 Å². The standard InChI is InChI=1S/C22H17N3O5S2/c1-11-18(22(27)28-3)21(32-19(11)12(2)26)24-8-14(7-23)20-25-15(9-31-20)13-4-5-16-17(6-13)30-10-29-16/h4-6,8-9,24H,10H2,1-3H3. The van der Waals surface area contributed by atoms with Crippen LogP contribution in [0, 0.1) is 18.3 Å². The van der Waals surface area contributed by atoms with E-state index >= 15 is 0 Å². The fourth-order valence-corrected chi connectivity index (χ4v) is 5.02. The quantitative estimate of drug-likeness (QED) is 0.310. The van der Waals surface area contributed by atoms with E-state index in [1.807, 2.05) is 23.6 Å². The molecule has 4 rings (SSSR count). The number of methoxy groups -OCH3 is 1. The highest BCUT2D eigenvalue weighted by molar-refractivity contribution is 7.18. The SMILES string of the molecule is COC(=O)c1c(NC=C(C#N)c2nc(-c3ccc4c(c3)OCO4)cs2)sc(C(C)=O)c1C. The van der Waals surface area contributed by atoms with Crippen LogP contribution < -0.4 is 14.8 Å². The van der Waals surface area contributed by atoms with E-state index in [4.69, 9.17) is 14.2 Å². The summed E-state index contributed by atoms with van der Waals surface area (Å²) in [5.41, 5.74) is 2.65. The van der Waals surface area contributed by atoms with Crippen molar-refractivity contribution >= 4 is 45.0 Å². The molecule has 0 fully saturated rings. The highest BCUT2D eigenvalue weighted by Crippen LogP contribution is 2.37. The van der Waals surface area contributed by atoms with Gasteiger partial charge in [-0.15, -0.1) is 22.7 Å². The molecule has 2 aromatic heterocycles. The first-order valence-corrected chi connectivity index (χ1v) is 11.1. The number of anilines is 1. The minimum Gasteiger partial charge on any atom is -0.465 e. The molecule has 3 heterocycles. The second-order valence-electron chi connectivity index (χ2n) is 6.73. The second-order valence-corrected chi connectivity index (χ2v) is 8.61. The van der Waals surface area contributed by atoms with Gasteiger partial charge in [0.2, 0.25) is 6.79 Å². The van der Waals surface area contributed by atoms with Gasteiger partial charge in [-0.1, -0.05) is 0 Å². The minimum absolute atomic E-state index is 0.150. The number of ketones is 1. The number of hydrogen-bond donors (Lipinski definition) is 1. The van der Waals surface area contributed by atoms with Gasteiger partial charge < -0.3 is 19.5 Å². The number of hydrogen-bond acceptors (Lipinski definition) is 10. The summed E-state index contributed by atoms with van der Waals surface area (Å²) < 4.78 is 15.6. The number of nitrogens with one attached hydrogen (secondary N) is 1. The molecule has 0 saturated carbocycles. The summed E-state index contributed by atoms with van der Waals surface area (Å²) in [6, 6.07) is 7.66. The molecular formula is C22H17N3O5S2. The Kier molecular flexibility index (Phi) is 5.94. The number of Topliss-reactive ketones (excluding diaryl/α,β-unsaturated/α-hetero) is 1. The molecule has 10 heteroatoms. The van der Waals surface area contributed by atoms with Gasteiger partial charge in [0, 0.05) is 17.1 Å². The summed E-state index contributed by atoms with van der Waals surface area (Å²) in [5.74, 6) is 0.631. The largest absolute Gasteiger partial charge is 0.465 e. The number of carbonyl (C=O) groups excluding carboxylic acids is 2. The van der Waals surface area contributed by atoms with Crippen LogP contribution in [0.25, 0.3) is 16.8 Å². The van der Waals surface area contributed by atoms with E-state index in [2.05, 4.69) is 16.4 Å². The van der Waals surface area contributed by atoms with E-state index < -0.39 is 5.97 Å². The Labute approximate surface area is 191 Å². The van der Waals surface area contributed by atoms with Crippen molar-refractivity contribution in [2.24, 2.45) is 0 Å². The van der Waals surface area contributed by atoms with Crippen molar-refractivity contribution in [1.82, 2.24) is 4.98 Å². The lowest BCUT2D eigenvalue weighted by Crippen LogP contribution is -2.05. The summed E-state index contributed by atoms with van der Waals surface area (Å²) in [7, 11) is 1.28. The second kappa shape index (κ2) is 8.82. The molecule has 0 unspecified atom stereocenters. The number of carbonyl (C=O) groups is 2. The van der Waals surface area contributed by atoms with E-state index in [0.717, 1.165) is 16.9 Å². The van der Waals surface area contributed by atoms with Crippen molar-refractivity contribution in [2.45, 2.75) is 13.8 Å². The number of benzene rings is 1. The van der Waals surface area contributed by atoms with Crippen LogP contribution in [0.2, 0.25) is 0 Å². The minimum atomic E-state index is -0.556. The maximum absolute atomic E-state index is 12.2. The van der Waals surface area contributed by atoms with Gasteiger partial charge in [-0.2, -0.15) is 5.26 Å². The Morgan fingerprint density at radius 1 is 1.31 bits per heavy atom. The van der Waals surface area contributed by atoms with Gasteiger partial charge in [-0.3, -0.25) is 4.79 Å². The maximum Gasteiger partial charge on any atom is 0.341 e. The number of allylic oxidation sites excluding steroid dienone is 1. The van der Waals surface area contributed by atoms with Crippen LogP contribution in [-0.2, 0) is 4.74 Å². The van der Waals surface area contributed by atoms with Crippen LogP contribution in [0.3, 0.4) is 0 Å². The molecule has 0 saturated heterocycles. The monoisotopic (exact) mass is 467 g/mol. The Hall–Kier alpha value is -3.68. The lowest BCUT2D eigenvalue weighted by atomic mass is 10.1. The highest BCUT2D eigenvalue weighted by atomic mass is 32.1. The number of nitriles is 1. The zero-order valence-electron chi connectivity index (χ0n) is 17.3. The third kappa shape index (κ3) is 3.95. The summed E-state index contributed by atoms with van der Waals surface area (Å²) in [4.78, 5) is 29.2. The first-order valence-electron chi connectivity index (χ1n) is 9.38. The molecule has 8 nitrogen and oxygen atoms in total. The number of thiazole rings is 1. The van der Waals surface area contributed by atoms with Gasteiger partial charge in [0.25, 0.3) is 0 Å². The van der Waals surface area contributed by atoms with Gasteiger partial charge in [-0.25, -0.2) is 9.78 Å². The topological polar surface area (TPSA) is 111 Å². The maximum atomic E-state index is 12.2. The van der Waals surface area contributed by atoms with Crippen molar-refractivity contribution in [1.29, 1.82) is 5.26 Å². The van der Waals surface area contributed by atoms with E-state index in [0.29, 0.717) is 37.6 Å². The van der Waals surface area contributed by atoms with Crippen molar-refractivity contribution in [3.63, 3.8) is 0 Å². The van der Waals surface area contributed by atoms with Gasteiger partial charge in [0.15, 0.2) is 17.3 Å². The molecule has 32 heavy (non-hydrogen) atoms. The molecule has 0 radical (unpaired) electrons. The van der Waals surface area contributed by atoms with Crippen molar-refractivity contribution in [2.75, 3.05) is 19.2 Å². The van der Waals surface area contributed by atoms with Crippen molar-refractivity contribution in [3.05, 3.63) is 50.8 Å². The Morgan fingerprint density at radius 2 is 2.09 bits per heavy atom. The third-order valence-corrected chi connectivity index (χ3v) is 6.93. The molecule has 1 N–H and O–H groups in total. The van der Waals surface area contributed by atoms with Crippen LogP contribution >= 0.6 is 22.7 Å². The molecule has 0 spiro atoms. The van der Waals surface area contributed by atoms with Crippen LogP contribution in [-0.4, -0.2) is 30.6 Å². The van der Waals surface area contributed by atoms with Gasteiger partial charge >= 0.3 is 5.97 Å². The lowest BCUT2D eigenvalue weighted by molar-refractivity contribution is 0.0601. The summed E-state index contributed by atoms with van der Waals surface area (Å²) in [6.07, 6.45) is 1.48. The summed E-state index contributed by atoms with van der Waals surface area (Å²) in [5, 5.41) is 15.4. The summed E-state index contributed by atoms with van der Waals surface area (Å²) >= 11 is 2.46. The molecule has 162 valence electrons. The van der Waals surface area contributed by atoms with E-state index in [9.17, 15) is 14.9 Å². The summed E-state index contributed by atoms with van der Waals surface area (Å²) in [6.45, 7) is 3.32. The fraction of sp³-hybridized carbons (Fsp3) is 0.182. The van der Waals surface area contributed by atoms with Crippen LogP contribution in [0.5, 0.6) is 11.5 Å². The number of aromatic nitrogens is 1. The van der Waals surface area contributed by atoms with Crippen LogP contribution in [0.15, 0.2) is 29.8 Å². The van der Waals surface area contributed by atoms with Gasteiger partial charge in [0.05, 0.1) is 23.2 Å². The molecule has 0 atom stereocenters. The van der Waals surface area contributed by atoms with E-state index in [-0.39, 0.29) is 23.7 Å². The predicted molar refractivity (Wildman–Crippen MR) is 121 cm³/mol. The first kappa shape index (κ1) is 21.5. The Bertz CT molecular complexity index is 1300. The number of rotatable bonds is 6. The fourth-order valence-electron chi connectivity index (χ4n) is 3.16. The van der Waals surface area contributed by atoms with Crippen LogP contribution in [0.4, 0.5) is 5.00 Å². The molecule has 1 aliphatic rings. The molecule has 1 aromatic carbocycles. The highest BCUT2D eigenvalue weighted by Gasteiger charge is 2.23. The molecule has 0 aliphatic carbocycles. The number of fused-ring (bicyclic) bond motifs is 1. The van der Waals surface area contributed by atoms with Crippen molar-refractivity contribution in [3.8, 4) is 28.8 Å². The normalized spacial score (nSPS) is 12.4. The number of nitrogens with zero attached hydrogens (tertiary/aromatic N) is 2. The zero-order valence-corrected chi connectivity index (χ0v) is 19.0. The average Bonchev–Trinajstić information content (AvgIpc) is 3.52. The lowest BCUT2D eigenvalue weighted by Gasteiger charge is -2.03. The molecule has 1 aliphatic heterocycles. The van der Waals surface area contributed by atoms with Gasteiger partial charge in [-0.05, 0) is 37.6 Å². The average molecular weight is 468 g/mol. The Balaban J connectivity index is 1.63. The zero-order chi connectivity index (χ0) is 22.8. The number of esters is 1. The van der Waals surface area contributed by atoms with E-state index in [1.54, 1.807) is 6.92 Å². The third-order valence-electron chi connectivity index (χ3n) is 4.73. The van der Waals surface area contributed by atoms with Gasteiger partial charge in [0.1, 0.15) is 21.7 Å². The predicted octanol–water partition coefficient (Wildman–Crippen LogP) is 4.87. The van der Waals surface area contributed by atoms with E-state index in [1.165, 1.54) is 31.6 Å². The number of thiophene rings is 1. The Morgan fingerprint density at radius 3 is 2.81 bits per heavy atom. The smallest absolute Gasteiger partial charge is 0.341 e. The molecular weight excluding hydrogens is 450 g/mol. The molecule has 3 aromatic rings. The first-order chi connectivity index (χ1) is 15.4. The molecule has 0 amide bonds. The van der Waals surface area contributed by atoms with Crippen LogP contribution in [0.1, 0.15) is 37.5 Å². The number of ether oxygens (including phenoxy) is 3. The molecule has 0 bridgehead atoms.